The molecule has 160 valence electrons. The molecule has 0 atom stereocenters. The lowest BCUT2D eigenvalue weighted by molar-refractivity contribution is -0.274. The van der Waals surface area contributed by atoms with Gasteiger partial charge in [-0.3, -0.25) is 4.79 Å². The fourth-order valence-electron chi connectivity index (χ4n) is 2.33. The third kappa shape index (κ3) is 8.11. The van der Waals surface area contributed by atoms with Crippen LogP contribution in [-0.2, 0) is 32.1 Å². The summed E-state index contributed by atoms with van der Waals surface area (Å²) in [5.41, 5.74) is 1.48. The van der Waals surface area contributed by atoms with E-state index in [1.165, 1.54) is 12.1 Å². The van der Waals surface area contributed by atoms with E-state index in [1.807, 2.05) is 0 Å². The first-order valence-electron chi connectivity index (χ1n) is 8.79. The first-order valence-corrected chi connectivity index (χ1v) is 8.79. The van der Waals surface area contributed by atoms with Crippen molar-refractivity contribution in [2.24, 2.45) is 0 Å². The standard InChI is InChI=1S/C23H17F3O5/c1-3-21(27)30-15-18-10-12-19(20(13-18)31-23(24,25)26)11-9-16-5-7-17(8-6-16)14-22(28)29-4-2/h3-8,10,12-13H,1-2,14-15H2. The minimum Gasteiger partial charge on any atom is -0.458 e. The lowest BCUT2D eigenvalue weighted by Crippen LogP contribution is -2.18. The highest BCUT2D eigenvalue weighted by molar-refractivity contribution is 5.81. The lowest BCUT2D eigenvalue weighted by Gasteiger charge is -2.12. The van der Waals surface area contributed by atoms with Crippen LogP contribution in [0.2, 0.25) is 0 Å². The second kappa shape index (κ2) is 10.7. The third-order valence-electron chi connectivity index (χ3n) is 3.68. The van der Waals surface area contributed by atoms with Gasteiger partial charge in [0.05, 0.1) is 18.2 Å². The molecule has 2 rings (SSSR count). The van der Waals surface area contributed by atoms with Gasteiger partial charge in [-0.15, -0.1) is 13.2 Å². The first kappa shape index (κ1) is 23.3. The van der Waals surface area contributed by atoms with Gasteiger partial charge in [0.15, 0.2) is 0 Å². The molecule has 0 aliphatic rings. The van der Waals surface area contributed by atoms with E-state index in [9.17, 15) is 22.8 Å². The van der Waals surface area contributed by atoms with Crippen LogP contribution in [0.15, 0.2) is 68.0 Å². The van der Waals surface area contributed by atoms with Crippen molar-refractivity contribution in [1.82, 2.24) is 0 Å². The molecule has 0 fully saturated rings. The second-order valence-corrected chi connectivity index (χ2v) is 5.97. The normalized spacial score (nSPS) is 10.3. The molecule has 0 aromatic heterocycles. The van der Waals surface area contributed by atoms with E-state index in [0.29, 0.717) is 11.1 Å². The summed E-state index contributed by atoms with van der Waals surface area (Å²) in [6, 6.07) is 10.5. The highest BCUT2D eigenvalue weighted by Crippen LogP contribution is 2.27. The summed E-state index contributed by atoms with van der Waals surface area (Å²) in [5.74, 6) is 3.68. The van der Waals surface area contributed by atoms with Crippen LogP contribution >= 0.6 is 0 Å². The number of esters is 2. The average Bonchev–Trinajstić information content (AvgIpc) is 2.71. The molecule has 0 N–H and O–H groups in total. The van der Waals surface area contributed by atoms with Gasteiger partial charge in [0, 0.05) is 11.6 Å². The maximum absolute atomic E-state index is 12.8. The molecular weight excluding hydrogens is 413 g/mol. The third-order valence-corrected chi connectivity index (χ3v) is 3.68. The molecule has 0 heterocycles. The number of ether oxygens (including phenoxy) is 3. The Morgan fingerprint density at radius 2 is 1.68 bits per heavy atom. The summed E-state index contributed by atoms with van der Waals surface area (Å²) in [7, 11) is 0. The molecule has 0 aliphatic heterocycles. The van der Waals surface area contributed by atoms with E-state index in [-0.39, 0.29) is 24.2 Å². The van der Waals surface area contributed by atoms with Gasteiger partial charge >= 0.3 is 18.3 Å². The maximum Gasteiger partial charge on any atom is 0.573 e. The molecule has 31 heavy (non-hydrogen) atoms. The first-order chi connectivity index (χ1) is 14.7. The number of carbonyl (C=O) groups excluding carboxylic acids is 2. The topological polar surface area (TPSA) is 61.8 Å². The van der Waals surface area contributed by atoms with Crippen molar-refractivity contribution in [2.45, 2.75) is 19.4 Å². The number of halogens is 3. The van der Waals surface area contributed by atoms with Crippen molar-refractivity contribution >= 4 is 11.9 Å². The Labute approximate surface area is 176 Å². The number of hydrogen-bond donors (Lipinski definition) is 0. The highest BCUT2D eigenvalue weighted by atomic mass is 19.4. The summed E-state index contributed by atoms with van der Waals surface area (Å²) < 4.78 is 51.8. The van der Waals surface area contributed by atoms with E-state index in [2.05, 4.69) is 34.5 Å². The van der Waals surface area contributed by atoms with Crippen molar-refractivity contribution in [1.29, 1.82) is 0 Å². The predicted octanol–water partition coefficient (Wildman–Crippen LogP) is 4.44. The van der Waals surface area contributed by atoms with Crippen LogP contribution in [0.3, 0.4) is 0 Å². The van der Waals surface area contributed by atoms with Crippen LogP contribution in [0.25, 0.3) is 0 Å². The summed E-state index contributed by atoms with van der Waals surface area (Å²) >= 11 is 0. The fourth-order valence-corrected chi connectivity index (χ4v) is 2.33. The minimum absolute atomic E-state index is 0.00485. The second-order valence-electron chi connectivity index (χ2n) is 5.97. The van der Waals surface area contributed by atoms with Crippen LogP contribution < -0.4 is 4.74 Å². The molecule has 0 amide bonds. The smallest absolute Gasteiger partial charge is 0.458 e. The molecule has 2 aromatic rings. The van der Waals surface area contributed by atoms with Crippen LogP contribution in [0.5, 0.6) is 5.75 Å². The van der Waals surface area contributed by atoms with Crippen molar-refractivity contribution in [3.05, 3.63) is 90.2 Å². The van der Waals surface area contributed by atoms with Crippen LogP contribution in [0.4, 0.5) is 13.2 Å². The van der Waals surface area contributed by atoms with Gasteiger partial charge in [0.1, 0.15) is 12.4 Å². The molecule has 0 saturated heterocycles. The minimum atomic E-state index is -4.92. The van der Waals surface area contributed by atoms with Gasteiger partial charge in [-0.1, -0.05) is 43.2 Å². The van der Waals surface area contributed by atoms with Crippen LogP contribution in [0, 0.1) is 11.8 Å². The lowest BCUT2D eigenvalue weighted by atomic mass is 10.1. The van der Waals surface area contributed by atoms with E-state index < -0.39 is 24.1 Å². The summed E-state index contributed by atoms with van der Waals surface area (Å²) in [5, 5.41) is 0. The van der Waals surface area contributed by atoms with Gasteiger partial charge in [-0.05, 0) is 35.4 Å². The van der Waals surface area contributed by atoms with E-state index >= 15 is 0 Å². The highest BCUT2D eigenvalue weighted by Gasteiger charge is 2.32. The summed E-state index contributed by atoms with van der Waals surface area (Å²) in [4.78, 5) is 22.6. The van der Waals surface area contributed by atoms with Crippen molar-refractivity contribution < 1.29 is 37.0 Å². The Bertz CT molecular complexity index is 1030. The number of hydrogen-bond acceptors (Lipinski definition) is 5. The molecule has 0 aliphatic carbocycles. The predicted molar refractivity (Wildman–Crippen MR) is 106 cm³/mol. The SMILES string of the molecule is C=COC(=O)Cc1ccc(C#Cc2ccc(COC(=O)C=C)cc2OC(F)(F)F)cc1. The van der Waals surface area contributed by atoms with Gasteiger partial charge in [-0.25, -0.2) is 4.79 Å². The molecule has 0 unspecified atom stereocenters. The Balaban J connectivity index is 2.22. The number of rotatable bonds is 7. The monoisotopic (exact) mass is 430 g/mol. The van der Waals surface area contributed by atoms with Gasteiger partial charge in [-0.2, -0.15) is 0 Å². The average molecular weight is 430 g/mol. The largest absolute Gasteiger partial charge is 0.573 e. The number of alkyl halides is 3. The maximum atomic E-state index is 12.8. The molecule has 0 saturated carbocycles. The quantitative estimate of drug-likeness (QED) is 0.281. The zero-order chi connectivity index (χ0) is 22.9. The van der Waals surface area contributed by atoms with Crippen molar-refractivity contribution in [3.63, 3.8) is 0 Å². The number of carbonyl (C=O) groups is 2. The van der Waals surface area contributed by atoms with Gasteiger partial charge < -0.3 is 14.2 Å². The van der Waals surface area contributed by atoms with E-state index in [0.717, 1.165) is 18.4 Å². The molecule has 0 bridgehead atoms. The van der Waals surface area contributed by atoms with Crippen molar-refractivity contribution in [2.75, 3.05) is 0 Å². The zero-order valence-corrected chi connectivity index (χ0v) is 16.2. The van der Waals surface area contributed by atoms with Crippen molar-refractivity contribution in [3.8, 4) is 17.6 Å². The molecule has 0 spiro atoms. The molecule has 2 aromatic carbocycles. The summed E-state index contributed by atoms with van der Waals surface area (Å²) in [6.07, 6.45) is -2.89. The Morgan fingerprint density at radius 3 is 2.29 bits per heavy atom. The Hall–Kier alpha value is -3.99. The van der Waals surface area contributed by atoms with Crippen LogP contribution in [0.1, 0.15) is 22.3 Å². The Kier molecular flexibility index (Phi) is 8.03. The molecule has 8 heteroatoms. The van der Waals surface area contributed by atoms with Crippen LogP contribution in [-0.4, -0.2) is 18.3 Å². The molecule has 5 nitrogen and oxygen atoms in total. The van der Waals surface area contributed by atoms with Gasteiger partial charge in [0.25, 0.3) is 0 Å². The van der Waals surface area contributed by atoms with E-state index in [1.54, 1.807) is 24.3 Å². The van der Waals surface area contributed by atoms with E-state index in [4.69, 9.17) is 4.74 Å². The zero-order valence-electron chi connectivity index (χ0n) is 16.2. The number of benzene rings is 2. The van der Waals surface area contributed by atoms with Gasteiger partial charge in [0.2, 0.25) is 0 Å². The molecular formula is C23H17F3O5. The Morgan fingerprint density at radius 1 is 1.00 bits per heavy atom. The summed E-state index contributed by atoms with van der Waals surface area (Å²) in [6.45, 7) is 6.29. The fraction of sp³-hybridized carbons (Fsp3) is 0.130. The molecule has 0 radical (unpaired) electrons.